The average Bonchev–Trinajstić information content (AvgIpc) is 2.37. The second kappa shape index (κ2) is 5.49. The minimum atomic E-state index is -0.169. The molecule has 1 atom stereocenters. The lowest BCUT2D eigenvalue weighted by atomic mass is 9.96. The van der Waals surface area contributed by atoms with Crippen LogP contribution in [0.25, 0.3) is 0 Å². The van der Waals surface area contributed by atoms with Gasteiger partial charge in [0, 0.05) is 11.4 Å². The zero-order chi connectivity index (χ0) is 14.0. The fourth-order valence-corrected chi connectivity index (χ4v) is 2.35. The first-order valence-electron chi connectivity index (χ1n) is 6.40. The highest BCUT2D eigenvalue weighted by molar-refractivity contribution is 5.36. The van der Waals surface area contributed by atoms with Crippen molar-refractivity contribution in [2.45, 2.75) is 26.8 Å². The third-order valence-electron chi connectivity index (χ3n) is 3.38. The Kier molecular flexibility index (Phi) is 3.96. The number of halogens is 1. The summed E-state index contributed by atoms with van der Waals surface area (Å²) in [5, 5.41) is 3.28. The standard InChI is InChI=1S/C16H19FN2/c1-10-9-13(6-8-15(10)17)16(18-4)14-7-5-11(2)19-12(14)3/h5-9,16,18H,1-4H3. The topological polar surface area (TPSA) is 24.9 Å². The Morgan fingerprint density at radius 3 is 2.42 bits per heavy atom. The predicted octanol–water partition coefficient (Wildman–Crippen LogP) is 3.45. The van der Waals surface area contributed by atoms with Crippen LogP contribution in [-0.2, 0) is 0 Å². The van der Waals surface area contributed by atoms with Gasteiger partial charge in [0.05, 0.1) is 6.04 Å². The molecule has 2 nitrogen and oxygen atoms in total. The van der Waals surface area contributed by atoms with Crippen LogP contribution < -0.4 is 5.32 Å². The molecule has 0 spiro atoms. The summed E-state index contributed by atoms with van der Waals surface area (Å²) in [4.78, 5) is 4.49. The van der Waals surface area contributed by atoms with Gasteiger partial charge in [-0.05, 0) is 56.6 Å². The van der Waals surface area contributed by atoms with Gasteiger partial charge < -0.3 is 5.32 Å². The van der Waals surface area contributed by atoms with E-state index < -0.39 is 0 Å². The second-order valence-corrected chi connectivity index (χ2v) is 4.86. The van der Waals surface area contributed by atoms with Crippen LogP contribution in [-0.4, -0.2) is 12.0 Å². The molecule has 19 heavy (non-hydrogen) atoms. The van der Waals surface area contributed by atoms with Gasteiger partial charge in [0.2, 0.25) is 0 Å². The minimum Gasteiger partial charge on any atom is -0.309 e. The maximum absolute atomic E-state index is 13.4. The smallest absolute Gasteiger partial charge is 0.126 e. The van der Waals surface area contributed by atoms with Gasteiger partial charge in [-0.15, -0.1) is 0 Å². The lowest BCUT2D eigenvalue weighted by molar-refractivity contribution is 0.613. The normalized spacial score (nSPS) is 12.5. The van der Waals surface area contributed by atoms with Crippen molar-refractivity contribution < 1.29 is 4.39 Å². The summed E-state index contributed by atoms with van der Waals surface area (Å²) in [7, 11) is 1.91. The Labute approximate surface area is 113 Å². The number of pyridine rings is 1. The maximum Gasteiger partial charge on any atom is 0.126 e. The summed E-state index contributed by atoms with van der Waals surface area (Å²) >= 11 is 0. The first-order valence-corrected chi connectivity index (χ1v) is 6.40. The largest absolute Gasteiger partial charge is 0.309 e. The molecule has 1 N–H and O–H groups in total. The molecule has 0 aliphatic carbocycles. The second-order valence-electron chi connectivity index (χ2n) is 4.86. The number of benzene rings is 1. The van der Waals surface area contributed by atoms with E-state index in [9.17, 15) is 4.39 Å². The monoisotopic (exact) mass is 258 g/mol. The molecule has 2 rings (SSSR count). The Morgan fingerprint density at radius 1 is 1.11 bits per heavy atom. The van der Waals surface area contributed by atoms with Crippen LogP contribution in [0.1, 0.15) is 34.1 Å². The number of hydrogen-bond donors (Lipinski definition) is 1. The van der Waals surface area contributed by atoms with Crippen LogP contribution in [0.5, 0.6) is 0 Å². The van der Waals surface area contributed by atoms with Gasteiger partial charge in [0.1, 0.15) is 5.82 Å². The highest BCUT2D eigenvalue weighted by atomic mass is 19.1. The fraction of sp³-hybridized carbons (Fsp3) is 0.312. The quantitative estimate of drug-likeness (QED) is 0.912. The molecule has 0 saturated carbocycles. The van der Waals surface area contributed by atoms with Crippen LogP contribution in [0.4, 0.5) is 4.39 Å². The highest BCUT2D eigenvalue weighted by Crippen LogP contribution is 2.25. The van der Waals surface area contributed by atoms with Crippen LogP contribution >= 0.6 is 0 Å². The van der Waals surface area contributed by atoms with Crippen molar-refractivity contribution in [2.24, 2.45) is 0 Å². The van der Waals surface area contributed by atoms with E-state index in [1.807, 2.05) is 39.1 Å². The van der Waals surface area contributed by atoms with Gasteiger partial charge in [-0.1, -0.05) is 18.2 Å². The molecule has 1 aromatic carbocycles. The molecule has 2 aromatic rings. The Morgan fingerprint density at radius 2 is 1.84 bits per heavy atom. The van der Waals surface area contributed by atoms with Gasteiger partial charge in [-0.2, -0.15) is 0 Å². The van der Waals surface area contributed by atoms with E-state index in [0.29, 0.717) is 5.56 Å². The summed E-state index contributed by atoms with van der Waals surface area (Å²) in [5.74, 6) is -0.169. The summed E-state index contributed by atoms with van der Waals surface area (Å²) in [6.45, 7) is 5.77. The van der Waals surface area contributed by atoms with Crippen LogP contribution in [0.3, 0.4) is 0 Å². The first kappa shape index (κ1) is 13.7. The Balaban J connectivity index is 2.46. The van der Waals surface area contributed by atoms with Crippen molar-refractivity contribution >= 4 is 0 Å². The van der Waals surface area contributed by atoms with Crippen molar-refractivity contribution in [1.82, 2.24) is 10.3 Å². The zero-order valence-electron chi connectivity index (χ0n) is 11.8. The van der Waals surface area contributed by atoms with Gasteiger partial charge >= 0.3 is 0 Å². The third kappa shape index (κ3) is 2.82. The summed E-state index contributed by atoms with van der Waals surface area (Å²) in [6.07, 6.45) is 0. The van der Waals surface area contributed by atoms with Gasteiger partial charge in [0.25, 0.3) is 0 Å². The highest BCUT2D eigenvalue weighted by Gasteiger charge is 2.15. The molecule has 1 unspecified atom stereocenters. The molecular formula is C16H19FN2. The van der Waals surface area contributed by atoms with Crippen molar-refractivity contribution in [1.29, 1.82) is 0 Å². The molecule has 100 valence electrons. The summed E-state index contributed by atoms with van der Waals surface area (Å²) in [5.41, 5.74) is 4.84. The summed E-state index contributed by atoms with van der Waals surface area (Å²) < 4.78 is 13.4. The number of aryl methyl sites for hydroxylation is 3. The average molecular weight is 258 g/mol. The van der Waals surface area contributed by atoms with Gasteiger partial charge in [0.15, 0.2) is 0 Å². The third-order valence-corrected chi connectivity index (χ3v) is 3.38. The summed E-state index contributed by atoms with van der Waals surface area (Å²) in [6, 6.07) is 9.35. The number of nitrogens with zero attached hydrogens (tertiary/aromatic N) is 1. The van der Waals surface area contributed by atoms with E-state index in [2.05, 4.69) is 16.4 Å². The van der Waals surface area contributed by atoms with E-state index >= 15 is 0 Å². The van der Waals surface area contributed by atoms with Gasteiger partial charge in [-0.3, -0.25) is 4.98 Å². The number of hydrogen-bond acceptors (Lipinski definition) is 2. The first-order chi connectivity index (χ1) is 9.02. The molecule has 0 radical (unpaired) electrons. The molecule has 0 fully saturated rings. The molecule has 0 amide bonds. The maximum atomic E-state index is 13.4. The van der Waals surface area contributed by atoms with Crippen molar-refractivity contribution in [2.75, 3.05) is 7.05 Å². The Hall–Kier alpha value is -1.74. The molecule has 1 heterocycles. The molecule has 0 aliphatic heterocycles. The van der Waals surface area contributed by atoms with Crippen LogP contribution in [0.2, 0.25) is 0 Å². The molecule has 0 aliphatic rings. The SMILES string of the molecule is CNC(c1ccc(F)c(C)c1)c1ccc(C)nc1C. The van der Waals surface area contributed by atoms with Crippen LogP contribution in [0.15, 0.2) is 30.3 Å². The molecule has 3 heteroatoms. The number of nitrogens with one attached hydrogen (secondary N) is 1. The van der Waals surface area contributed by atoms with E-state index in [0.717, 1.165) is 22.5 Å². The van der Waals surface area contributed by atoms with Gasteiger partial charge in [-0.25, -0.2) is 4.39 Å². The fourth-order valence-electron chi connectivity index (χ4n) is 2.35. The van der Waals surface area contributed by atoms with E-state index in [4.69, 9.17) is 0 Å². The molecule has 0 bridgehead atoms. The molecule has 0 saturated heterocycles. The number of aromatic nitrogens is 1. The molecular weight excluding hydrogens is 239 g/mol. The van der Waals surface area contributed by atoms with Crippen molar-refractivity contribution in [3.8, 4) is 0 Å². The lowest BCUT2D eigenvalue weighted by Gasteiger charge is -2.19. The predicted molar refractivity (Wildman–Crippen MR) is 75.8 cm³/mol. The Bertz CT molecular complexity index is 593. The molecule has 1 aromatic heterocycles. The number of rotatable bonds is 3. The van der Waals surface area contributed by atoms with Crippen molar-refractivity contribution in [3.63, 3.8) is 0 Å². The van der Waals surface area contributed by atoms with E-state index in [1.165, 1.54) is 6.07 Å². The van der Waals surface area contributed by atoms with E-state index in [-0.39, 0.29) is 11.9 Å². The minimum absolute atomic E-state index is 0.0346. The van der Waals surface area contributed by atoms with Crippen LogP contribution in [0, 0.1) is 26.6 Å². The van der Waals surface area contributed by atoms with E-state index in [1.54, 1.807) is 6.92 Å². The van der Waals surface area contributed by atoms with Crippen molar-refractivity contribution in [3.05, 3.63) is 64.2 Å². The zero-order valence-corrected chi connectivity index (χ0v) is 11.8. The lowest BCUT2D eigenvalue weighted by Crippen LogP contribution is -2.19.